The Bertz CT molecular complexity index is 597. The molecule has 0 saturated heterocycles. The molecule has 0 aliphatic rings. The third kappa shape index (κ3) is 4.57. The fraction of sp³-hybridized carbons (Fsp3) is 0.250. The number of nitrogens with zero attached hydrogens (tertiary/aromatic N) is 1. The Morgan fingerprint density at radius 3 is 2.52 bits per heavy atom. The summed E-state index contributed by atoms with van der Waals surface area (Å²) in [7, 11) is 0. The zero-order chi connectivity index (χ0) is 15.1. The molecule has 5 heteroatoms. The van der Waals surface area contributed by atoms with Crippen LogP contribution < -0.4 is 5.32 Å². The summed E-state index contributed by atoms with van der Waals surface area (Å²) in [5.74, 6) is 0. The molecule has 0 spiro atoms. The summed E-state index contributed by atoms with van der Waals surface area (Å²) in [6, 6.07) is 14.6. The van der Waals surface area contributed by atoms with E-state index in [0.29, 0.717) is 6.54 Å². The van der Waals surface area contributed by atoms with E-state index in [9.17, 15) is 10.1 Å². The summed E-state index contributed by atoms with van der Waals surface area (Å²) >= 11 is 0. The molecule has 0 fully saturated rings. The molecular formula is C16H18N2O3. The van der Waals surface area contributed by atoms with Crippen LogP contribution >= 0.6 is 0 Å². The number of non-ortho nitro benzene ring substituents is 1. The second kappa shape index (κ2) is 7.40. The molecule has 0 aromatic heterocycles. The summed E-state index contributed by atoms with van der Waals surface area (Å²) in [5, 5.41) is 22.7. The lowest BCUT2D eigenvalue weighted by Crippen LogP contribution is -2.00. The van der Waals surface area contributed by atoms with E-state index in [0.717, 1.165) is 24.1 Å². The first-order chi connectivity index (χ1) is 10.2. The average molecular weight is 286 g/mol. The van der Waals surface area contributed by atoms with E-state index in [2.05, 4.69) is 11.4 Å². The highest BCUT2D eigenvalue weighted by Crippen LogP contribution is 2.15. The predicted octanol–water partition coefficient (Wildman–Crippen LogP) is 3.13. The molecule has 0 heterocycles. The van der Waals surface area contributed by atoms with Gasteiger partial charge in [-0.15, -0.1) is 0 Å². The minimum absolute atomic E-state index is 0.102. The van der Waals surface area contributed by atoms with Crippen LogP contribution in [-0.2, 0) is 13.0 Å². The minimum Gasteiger partial charge on any atom is -0.396 e. The highest BCUT2D eigenvalue weighted by molar-refractivity contribution is 5.46. The third-order valence-corrected chi connectivity index (χ3v) is 3.19. The molecule has 2 N–H and O–H groups in total. The maximum atomic E-state index is 10.6. The van der Waals surface area contributed by atoms with Gasteiger partial charge in [0.1, 0.15) is 0 Å². The molecule has 0 aliphatic heterocycles. The van der Waals surface area contributed by atoms with Crippen molar-refractivity contribution in [2.24, 2.45) is 0 Å². The van der Waals surface area contributed by atoms with Gasteiger partial charge in [0, 0.05) is 31.0 Å². The van der Waals surface area contributed by atoms with Crippen molar-refractivity contribution in [3.63, 3.8) is 0 Å². The van der Waals surface area contributed by atoms with Gasteiger partial charge < -0.3 is 10.4 Å². The SMILES string of the molecule is O=[N+]([O-])c1ccc(CNc2cccc(CCCO)c2)cc1. The van der Waals surface area contributed by atoms with Crippen molar-refractivity contribution in [3.8, 4) is 0 Å². The van der Waals surface area contributed by atoms with Crippen molar-refractivity contribution in [1.82, 2.24) is 0 Å². The summed E-state index contributed by atoms with van der Waals surface area (Å²) < 4.78 is 0. The molecule has 110 valence electrons. The largest absolute Gasteiger partial charge is 0.396 e. The summed E-state index contributed by atoms with van der Waals surface area (Å²) in [6.07, 6.45) is 1.61. The molecule has 21 heavy (non-hydrogen) atoms. The zero-order valence-electron chi connectivity index (χ0n) is 11.7. The lowest BCUT2D eigenvalue weighted by Gasteiger charge is -2.08. The minimum atomic E-state index is -0.401. The number of aryl methyl sites for hydroxylation is 1. The van der Waals surface area contributed by atoms with Crippen LogP contribution in [-0.4, -0.2) is 16.6 Å². The van der Waals surface area contributed by atoms with Crippen molar-refractivity contribution < 1.29 is 10.0 Å². The molecule has 0 bridgehead atoms. The van der Waals surface area contributed by atoms with E-state index in [1.165, 1.54) is 17.7 Å². The van der Waals surface area contributed by atoms with E-state index < -0.39 is 4.92 Å². The van der Waals surface area contributed by atoms with E-state index in [4.69, 9.17) is 5.11 Å². The van der Waals surface area contributed by atoms with Gasteiger partial charge in [0.15, 0.2) is 0 Å². The first-order valence-corrected chi connectivity index (χ1v) is 6.86. The molecule has 0 amide bonds. The molecule has 0 unspecified atom stereocenters. The van der Waals surface area contributed by atoms with Crippen LogP contribution in [0, 0.1) is 10.1 Å². The van der Waals surface area contributed by atoms with Crippen molar-refractivity contribution in [1.29, 1.82) is 0 Å². The smallest absolute Gasteiger partial charge is 0.269 e. The Kier molecular flexibility index (Phi) is 5.29. The number of anilines is 1. The van der Waals surface area contributed by atoms with E-state index >= 15 is 0 Å². The number of rotatable bonds is 7. The highest BCUT2D eigenvalue weighted by Gasteiger charge is 2.03. The van der Waals surface area contributed by atoms with Gasteiger partial charge in [-0.1, -0.05) is 24.3 Å². The van der Waals surface area contributed by atoms with E-state index in [-0.39, 0.29) is 12.3 Å². The number of nitro benzene ring substituents is 1. The van der Waals surface area contributed by atoms with Crippen molar-refractivity contribution in [2.75, 3.05) is 11.9 Å². The first kappa shape index (κ1) is 15.0. The Hall–Kier alpha value is -2.40. The molecule has 2 aromatic rings. The van der Waals surface area contributed by atoms with Gasteiger partial charge >= 0.3 is 0 Å². The molecular weight excluding hydrogens is 268 g/mol. The number of nitro groups is 1. The number of benzene rings is 2. The van der Waals surface area contributed by atoms with Crippen LogP contribution in [0.2, 0.25) is 0 Å². The number of hydrogen-bond donors (Lipinski definition) is 2. The maximum absolute atomic E-state index is 10.6. The molecule has 2 rings (SSSR count). The molecule has 2 aromatic carbocycles. The summed E-state index contributed by atoms with van der Waals surface area (Å²) in [5.41, 5.74) is 3.27. The van der Waals surface area contributed by atoms with Gasteiger partial charge in [0.05, 0.1) is 4.92 Å². The number of nitrogens with one attached hydrogen (secondary N) is 1. The van der Waals surface area contributed by atoms with Crippen LogP contribution in [0.25, 0.3) is 0 Å². The monoisotopic (exact) mass is 286 g/mol. The molecule has 0 saturated carbocycles. The van der Waals surface area contributed by atoms with Gasteiger partial charge in [0.2, 0.25) is 0 Å². The Balaban J connectivity index is 1.94. The highest BCUT2D eigenvalue weighted by atomic mass is 16.6. The van der Waals surface area contributed by atoms with Crippen molar-refractivity contribution >= 4 is 11.4 Å². The van der Waals surface area contributed by atoms with Crippen LogP contribution in [0.4, 0.5) is 11.4 Å². The average Bonchev–Trinajstić information content (AvgIpc) is 2.52. The zero-order valence-corrected chi connectivity index (χ0v) is 11.7. The Morgan fingerprint density at radius 2 is 1.86 bits per heavy atom. The number of aliphatic hydroxyl groups is 1. The normalized spacial score (nSPS) is 10.3. The fourth-order valence-corrected chi connectivity index (χ4v) is 2.06. The second-order valence-electron chi connectivity index (χ2n) is 4.80. The maximum Gasteiger partial charge on any atom is 0.269 e. The molecule has 0 radical (unpaired) electrons. The Labute approximate surface area is 123 Å². The lowest BCUT2D eigenvalue weighted by atomic mass is 10.1. The van der Waals surface area contributed by atoms with Gasteiger partial charge in [-0.2, -0.15) is 0 Å². The summed E-state index contributed by atoms with van der Waals surface area (Å²) in [4.78, 5) is 10.2. The van der Waals surface area contributed by atoms with Gasteiger partial charge in [0.25, 0.3) is 5.69 Å². The lowest BCUT2D eigenvalue weighted by molar-refractivity contribution is -0.384. The molecule has 0 atom stereocenters. The predicted molar refractivity (Wildman–Crippen MR) is 82.3 cm³/mol. The van der Waals surface area contributed by atoms with E-state index in [1.54, 1.807) is 12.1 Å². The van der Waals surface area contributed by atoms with Gasteiger partial charge in [-0.3, -0.25) is 10.1 Å². The number of hydrogen-bond acceptors (Lipinski definition) is 4. The summed E-state index contributed by atoms with van der Waals surface area (Å²) in [6.45, 7) is 0.807. The van der Waals surface area contributed by atoms with Crippen molar-refractivity contribution in [2.45, 2.75) is 19.4 Å². The van der Waals surface area contributed by atoms with Crippen LogP contribution in [0.5, 0.6) is 0 Å². The second-order valence-corrected chi connectivity index (χ2v) is 4.80. The van der Waals surface area contributed by atoms with Crippen LogP contribution in [0.15, 0.2) is 48.5 Å². The fourth-order valence-electron chi connectivity index (χ4n) is 2.06. The van der Waals surface area contributed by atoms with Gasteiger partial charge in [-0.25, -0.2) is 0 Å². The standard InChI is InChI=1S/C16H18N2O3/c19-10-2-4-13-3-1-5-15(11-13)17-12-14-6-8-16(9-7-14)18(20)21/h1,3,5-9,11,17,19H,2,4,10,12H2. The third-order valence-electron chi connectivity index (χ3n) is 3.19. The van der Waals surface area contributed by atoms with Crippen LogP contribution in [0.3, 0.4) is 0 Å². The quantitative estimate of drug-likeness (QED) is 0.605. The molecule has 5 nitrogen and oxygen atoms in total. The first-order valence-electron chi connectivity index (χ1n) is 6.86. The Morgan fingerprint density at radius 1 is 1.10 bits per heavy atom. The van der Waals surface area contributed by atoms with Crippen LogP contribution in [0.1, 0.15) is 17.5 Å². The van der Waals surface area contributed by atoms with Crippen molar-refractivity contribution in [3.05, 3.63) is 69.8 Å². The van der Waals surface area contributed by atoms with Gasteiger partial charge in [-0.05, 0) is 36.1 Å². The molecule has 0 aliphatic carbocycles. The number of aliphatic hydroxyl groups excluding tert-OH is 1. The topological polar surface area (TPSA) is 75.4 Å². The van der Waals surface area contributed by atoms with E-state index in [1.807, 2.05) is 18.2 Å².